The molecule has 4 nitrogen and oxygen atoms in total. The molecule has 1 aliphatic heterocycles. The fourth-order valence-corrected chi connectivity index (χ4v) is 3.01. The summed E-state index contributed by atoms with van der Waals surface area (Å²) in [6.07, 6.45) is 1.09. The van der Waals surface area contributed by atoms with E-state index < -0.39 is 0 Å². The van der Waals surface area contributed by atoms with Crippen LogP contribution in [0.3, 0.4) is 0 Å². The van der Waals surface area contributed by atoms with Crippen molar-refractivity contribution < 1.29 is 0 Å². The summed E-state index contributed by atoms with van der Waals surface area (Å²) in [5, 5.41) is 1.25. The SMILES string of the molecule is Cc1cc(N2CCN(CCCN)CC2)nc2ccccc12. The van der Waals surface area contributed by atoms with Gasteiger partial charge in [-0.1, -0.05) is 18.2 Å². The Bertz CT molecular complexity index is 603. The van der Waals surface area contributed by atoms with E-state index >= 15 is 0 Å². The summed E-state index contributed by atoms with van der Waals surface area (Å²) in [4.78, 5) is 9.73. The minimum atomic E-state index is 0.783. The predicted molar refractivity (Wildman–Crippen MR) is 88.8 cm³/mol. The number of aryl methyl sites for hydroxylation is 1. The second-order valence-corrected chi connectivity index (χ2v) is 5.79. The average Bonchev–Trinajstić information content (AvgIpc) is 2.53. The fourth-order valence-electron chi connectivity index (χ4n) is 3.01. The lowest BCUT2D eigenvalue weighted by Crippen LogP contribution is -2.47. The zero-order chi connectivity index (χ0) is 14.7. The molecule has 1 saturated heterocycles. The number of benzene rings is 1. The topological polar surface area (TPSA) is 45.4 Å². The number of anilines is 1. The van der Waals surface area contributed by atoms with Crippen molar-refractivity contribution in [2.24, 2.45) is 5.73 Å². The van der Waals surface area contributed by atoms with Gasteiger partial charge in [-0.25, -0.2) is 4.98 Å². The van der Waals surface area contributed by atoms with Gasteiger partial charge in [0.05, 0.1) is 5.52 Å². The van der Waals surface area contributed by atoms with Crippen LogP contribution in [-0.4, -0.2) is 49.2 Å². The monoisotopic (exact) mass is 284 g/mol. The average molecular weight is 284 g/mol. The van der Waals surface area contributed by atoms with Crippen LogP contribution in [0.15, 0.2) is 30.3 Å². The third-order valence-corrected chi connectivity index (χ3v) is 4.28. The van der Waals surface area contributed by atoms with Crippen LogP contribution in [0.25, 0.3) is 10.9 Å². The highest BCUT2D eigenvalue weighted by Gasteiger charge is 2.18. The highest BCUT2D eigenvalue weighted by atomic mass is 15.3. The molecule has 2 heterocycles. The van der Waals surface area contributed by atoms with Gasteiger partial charge in [-0.2, -0.15) is 0 Å². The molecule has 112 valence electrons. The number of para-hydroxylation sites is 1. The van der Waals surface area contributed by atoms with Crippen molar-refractivity contribution in [3.8, 4) is 0 Å². The molecule has 0 unspecified atom stereocenters. The molecule has 1 fully saturated rings. The van der Waals surface area contributed by atoms with Crippen molar-refractivity contribution in [2.75, 3.05) is 44.2 Å². The maximum absolute atomic E-state index is 5.59. The Morgan fingerprint density at radius 2 is 1.90 bits per heavy atom. The Balaban J connectivity index is 1.73. The number of hydrogen-bond acceptors (Lipinski definition) is 4. The summed E-state index contributed by atoms with van der Waals surface area (Å²) in [6.45, 7) is 8.39. The van der Waals surface area contributed by atoms with Gasteiger partial charge in [0.15, 0.2) is 0 Å². The van der Waals surface area contributed by atoms with Crippen LogP contribution in [0.5, 0.6) is 0 Å². The van der Waals surface area contributed by atoms with Crippen molar-refractivity contribution in [1.82, 2.24) is 9.88 Å². The van der Waals surface area contributed by atoms with E-state index in [1.54, 1.807) is 0 Å². The van der Waals surface area contributed by atoms with Gasteiger partial charge in [0, 0.05) is 31.6 Å². The third kappa shape index (κ3) is 3.17. The number of nitrogens with zero attached hydrogens (tertiary/aromatic N) is 3. The zero-order valence-corrected chi connectivity index (χ0v) is 12.8. The number of aromatic nitrogens is 1. The van der Waals surface area contributed by atoms with Crippen LogP contribution < -0.4 is 10.6 Å². The minimum absolute atomic E-state index is 0.783. The summed E-state index contributed by atoms with van der Waals surface area (Å²) in [6, 6.07) is 10.6. The molecule has 0 bridgehead atoms. The Kier molecular flexibility index (Phi) is 4.36. The van der Waals surface area contributed by atoms with E-state index in [2.05, 4.69) is 47.1 Å². The fraction of sp³-hybridized carbons (Fsp3) is 0.471. The summed E-state index contributed by atoms with van der Waals surface area (Å²) >= 11 is 0. The molecule has 0 amide bonds. The molecule has 0 aliphatic carbocycles. The summed E-state index contributed by atoms with van der Waals surface area (Å²) in [7, 11) is 0. The van der Waals surface area contributed by atoms with Crippen molar-refractivity contribution in [3.63, 3.8) is 0 Å². The van der Waals surface area contributed by atoms with E-state index in [-0.39, 0.29) is 0 Å². The molecule has 0 saturated carbocycles. The Morgan fingerprint density at radius 3 is 2.67 bits per heavy atom. The lowest BCUT2D eigenvalue weighted by molar-refractivity contribution is 0.256. The number of hydrogen-bond donors (Lipinski definition) is 1. The highest BCUT2D eigenvalue weighted by Crippen LogP contribution is 2.23. The number of pyridine rings is 1. The van der Waals surface area contributed by atoms with Crippen LogP contribution in [0.2, 0.25) is 0 Å². The smallest absolute Gasteiger partial charge is 0.129 e. The van der Waals surface area contributed by atoms with Crippen LogP contribution >= 0.6 is 0 Å². The number of rotatable bonds is 4. The number of fused-ring (bicyclic) bond motifs is 1. The molecule has 0 atom stereocenters. The Hall–Kier alpha value is -1.65. The molecule has 0 radical (unpaired) electrons. The van der Waals surface area contributed by atoms with E-state index in [0.717, 1.165) is 57.0 Å². The van der Waals surface area contributed by atoms with Gasteiger partial charge < -0.3 is 10.6 Å². The Morgan fingerprint density at radius 1 is 1.14 bits per heavy atom. The first-order valence-corrected chi connectivity index (χ1v) is 7.81. The second-order valence-electron chi connectivity index (χ2n) is 5.79. The lowest BCUT2D eigenvalue weighted by Gasteiger charge is -2.35. The minimum Gasteiger partial charge on any atom is -0.354 e. The summed E-state index contributed by atoms with van der Waals surface area (Å²) in [5.74, 6) is 1.12. The van der Waals surface area contributed by atoms with E-state index in [9.17, 15) is 0 Å². The molecule has 2 aromatic rings. The van der Waals surface area contributed by atoms with Gasteiger partial charge in [0.1, 0.15) is 5.82 Å². The van der Waals surface area contributed by atoms with E-state index in [4.69, 9.17) is 10.7 Å². The Labute approximate surface area is 126 Å². The quantitative estimate of drug-likeness (QED) is 0.933. The van der Waals surface area contributed by atoms with E-state index in [1.165, 1.54) is 10.9 Å². The molecular weight excluding hydrogens is 260 g/mol. The molecule has 4 heteroatoms. The molecule has 1 aromatic carbocycles. The largest absolute Gasteiger partial charge is 0.354 e. The summed E-state index contributed by atoms with van der Waals surface area (Å²) in [5.41, 5.74) is 7.99. The number of nitrogens with two attached hydrogens (primary N) is 1. The van der Waals surface area contributed by atoms with E-state index in [0.29, 0.717) is 0 Å². The molecule has 1 aliphatic rings. The maximum atomic E-state index is 5.59. The first-order chi connectivity index (χ1) is 10.3. The molecule has 0 spiro atoms. The van der Waals surface area contributed by atoms with Crippen LogP contribution in [-0.2, 0) is 0 Å². The predicted octanol–water partition coefficient (Wildman–Crippen LogP) is 2.01. The van der Waals surface area contributed by atoms with Crippen molar-refractivity contribution >= 4 is 16.7 Å². The van der Waals surface area contributed by atoms with Crippen molar-refractivity contribution in [3.05, 3.63) is 35.9 Å². The standard InChI is InChI=1S/C17H24N4/c1-14-13-17(19-16-6-3-2-5-15(14)16)21-11-9-20(10-12-21)8-4-7-18/h2-3,5-6,13H,4,7-12,18H2,1H3. The van der Waals surface area contributed by atoms with Gasteiger partial charge >= 0.3 is 0 Å². The normalized spacial score (nSPS) is 16.6. The molecule has 21 heavy (non-hydrogen) atoms. The van der Waals surface area contributed by atoms with Gasteiger partial charge in [0.25, 0.3) is 0 Å². The number of piperazine rings is 1. The molecule has 2 N–H and O–H groups in total. The van der Waals surface area contributed by atoms with Gasteiger partial charge in [-0.05, 0) is 44.1 Å². The van der Waals surface area contributed by atoms with Gasteiger partial charge in [-0.3, -0.25) is 4.90 Å². The van der Waals surface area contributed by atoms with E-state index in [1.807, 2.05) is 0 Å². The molecule has 3 rings (SSSR count). The van der Waals surface area contributed by atoms with Gasteiger partial charge in [0.2, 0.25) is 0 Å². The first kappa shape index (κ1) is 14.3. The van der Waals surface area contributed by atoms with Crippen LogP contribution in [0.4, 0.5) is 5.82 Å². The maximum Gasteiger partial charge on any atom is 0.129 e. The highest BCUT2D eigenvalue weighted by molar-refractivity contribution is 5.83. The zero-order valence-electron chi connectivity index (χ0n) is 12.8. The molecule has 1 aromatic heterocycles. The van der Waals surface area contributed by atoms with Crippen LogP contribution in [0.1, 0.15) is 12.0 Å². The van der Waals surface area contributed by atoms with Gasteiger partial charge in [-0.15, -0.1) is 0 Å². The first-order valence-electron chi connectivity index (χ1n) is 7.81. The lowest BCUT2D eigenvalue weighted by atomic mass is 10.1. The van der Waals surface area contributed by atoms with Crippen LogP contribution in [0, 0.1) is 6.92 Å². The summed E-state index contributed by atoms with van der Waals surface area (Å²) < 4.78 is 0. The second kappa shape index (κ2) is 6.41. The van der Waals surface area contributed by atoms with Crippen molar-refractivity contribution in [1.29, 1.82) is 0 Å². The third-order valence-electron chi connectivity index (χ3n) is 4.28. The van der Waals surface area contributed by atoms with Crippen molar-refractivity contribution in [2.45, 2.75) is 13.3 Å². The molecular formula is C17H24N4.